The number of carbonyl (C=O) groups is 1. The first-order valence-electron chi connectivity index (χ1n) is 12.4. The molecule has 0 unspecified atom stereocenters. The van der Waals surface area contributed by atoms with Crippen LogP contribution in [0.3, 0.4) is 0 Å². The van der Waals surface area contributed by atoms with Crippen molar-refractivity contribution in [3.05, 3.63) is 59.9 Å². The zero-order valence-corrected chi connectivity index (χ0v) is 19.9. The van der Waals surface area contributed by atoms with E-state index in [9.17, 15) is 4.79 Å². The zero-order chi connectivity index (χ0) is 22.8. The van der Waals surface area contributed by atoms with Crippen molar-refractivity contribution in [2.45, 2.75) is 32.7 Å². The molecular formula is C27H35N5O. The Morgan fingerprint density at radius 3 is 2.55 bits per heavy atom. The van der Waals surface area contributed by atoms with Crippen LogP contribution in [0.2, 0.25) is 0 Å². The first-order chi connectivity index (χ1) is 16.1. The summed E-state index contributed by atoms with van der Waals surface area (Å²) in [5.74, 6) is 1.52. The number of nitrogens with zero attached hydrogens (tertiary/aromatic N) is 5. The number of carbonyl (C=O) groups excluding carboxylic acids is 1. The molecule has 0 aliphatic carbocycles. The van der Waals surface area contributed by atoms with E-state index in [0.29, 0.717) is 5.91 Å². The molecular weight excluding hydrogens is 410 g/mol. The first kappa shape index (κ1) is 22.0. The van der Waals surface area contributed by atoms with E-state index in [2.05, 4.69) is 75.7 Å². The van der Waals surface area contributed by atoms with Crippen molar-refractivity contribution in [1.29, 1.82) is 0 Å². The van der Waals surface area contributed by atoms with Gasteiger partial charge in [-0.25, -0.2) is 4.98 Å². The van der Waals surface area contributed by atoms with Gasteiger partial charge in [0.15, 0.2) is 0 Å². The summed E-state index contributed by atoms with van der Waals surface area (Å²) in [5, 5.41) is 0. The van der Waals surface area contributed by atoms with Gasteiger partial charge in [0, 0.05) is 45.5 Å². The van der Waals surface area contributed by atoms with Gasteiger partial charge in [-0.3, -0.25) is 9.69 Å². The molecule has 2 saturated heterocycles. The number of amides is 1. The van der Waals surface area contributed by atoms with Crippen LogP contribution in [0, 0.1) is 5.92 Å². The highest BCUT2D eigenvalue weighted by Gasteiger charge is 2.31. The Morgan fingerprint density at radius 1 is 1.00 bits per heavy atom. The highest BCUT2D eigenvalue weighted by molar-refractivity contribution is 5.79. The van der Waals surface area contributed by atoms with Crippen LogP contribution in [0.1, 0.15) is 31.2 Å². The molecule has 2 aromatic carbocycles. The number of hydrogen-bond donors (Lipinski definition) is 0. The lowest BCUT2D eigenvalue weighted by atomic mass is 9.96. The third kappa shape index (κ3) is 4.49. The number of rotatable bonds is 5. The number of benzene rings is 2. The fraction of sp³-hybridized carbons (Fsp3) is 0.481. The Bertz CT molecular complexity index is 1110. The Kier molecular flexibility index (Phi) is 6.36. The third-order valence-corrected chi connectivity index (χ3v) is 7.40. The number of aryl methyl sites for hydroxylation is 2. The van der Waals surface area contributed by atoms with Crippen molar-refractivity contribution in [3.8, 4) is 0 Å². The molecule has 1 amide bonds. The number of fused-ring (bicyclic) bond motifs is 1. The number of likely N-dealkylation sites (tertiary alicyclic amines) is 1. The average molecular weight is 446 g/mol. The smallest absolute Gasteiger partial charge is 0.227 e. The maximum Gasteiger partial charge on any atom is 0.227 e. The van der Waals surface area contributed by atoms with Crippen LogP contribution in [-0.4, -0.2) is 64.5 Å². The number of imidazole rings is 1. The number of hydrogen-bond acceptors (Lipinski definition) is 4. The quantitative estimate of drug-likeness (QED) is 0.601. The highest BCUT2D eigenvalue weighted by atomic mass is 16.2. The van der Waals surface area contributed by atoms with Gasteiger partial charge in [0.2, 0.25) is 5.91 Å². The van der Waals surface area contributed by atoms with Crippen LogP contribution in [0.4, 0.5) is 5.69 Å². The highest BCUT2D eigenvalue weighted by Crippen LogP contribution is 2.25. The van der Waals surface area contributed by atoms with E-state index < -0.39 is 0 Å². The molecule has 2 aliphatic heterocycles. The standard InChI is InChI=1S/C27H35N5O/c1-3-21-9-4-6-12-24(21)31-15-17-32(18-16-31)27(33)22-10-8-14-30(19-22)20-26-28-23-11-5-7-13-25(23)29(26)2/h4-7,9,11-13,22H,3,8,10,14-20H2,1-2H3/t22-/m1/s1. The van der Waals surface area contributed by atoms with E-state index in [1.165, 1.54) is 16.8 Å². The zero-order valence-electron chi connectivity index (χ0n) is 19.9. The van der Waals surface area contributed by atoms with Gasteiger partial charge in [0.05, 0.1) is 23.5 Å². The second-order valence-corrected chi connectivity index (χ2v) is 9.44. The molecule has 5 rings (SSSR count). The summed E-state index contributed by atoms with van der Waals surface area (Å²) in [6.45, 7) is 8.35. The Morgan fingerprint density at radius 2 is 1.76 bits per heavy atom. The fourth-order valence-electron chi connectivity index (χ4n) is 5.48. The van der Waals surface area contributed by atoms with Crippen molar-refractivity contribution in [2.24, 2.45) is 13.0 Å². The summed E-state index contributed by atoms with van der Waals surface area (Å²) >= 11 is 0. The molecule has 6 nitrogen and oxygen atoms in total. The molecule has 3 aromatic rings. The van der Waals surface area contributed by atoms with Crippen molar-refractivity contribution >= 4 is 22.6 Å². The van der Waals surface area contributed by atoms with Crippen LogP contribution in [0.25, 0.3) is 11.0 Å². The summed E-state index contributed by atoms with van der Waals surface area (Å²) in [5.41, 5.74) is 4.93. The molecule has 174 valence electrons. The minimum atomic E-state index is 0.0999. The lowest BCUT2D eigenvalue weighted by Gasteiger charge is -2.40. The van der Waals surface area contributed by atoms with Crippen LogP contribution < -0.4 is 4.90 Å². The van der Waals surface area contributed by atoms with Gasteiger partial charge in [0.1, 0.15) is 5.82 Å². The Labute approximate surface area is 196 Å². The van der Waals surface area contributed by atoms with Crippen molar-refractivity contribution in [3.63, 3.8) is 0 Å². The second-order valence-electron chi connectivity index (χ2n) is 9.44. The monoisotopic (exact) mass is 445 g/mol. The van der Waals surface area contributed by atoms with Gasteiger partial charge >= 0.3 is 0 Å². The molecule has 2 aliphatic rings. The molecule has 6 heteroatoms. The SMILES string of the molecule is CCc1ccccc1N1CCN(C(=O)[C@@H]2CCCN(Cc3nc4ccccc4n3C)C2)CC1. The van der Waals surface area contributed by atoms with Gasteiger partial charge in [-0.2, -0.15) is 0 Å². The first-order valence-corrected chi connectivity index (χ1v) is 12.4. The van der Waals surface area contributed by atoms with Gasteiger partial charge in [-0.05, 0) is 49.6 Å². The maximum absolute atomic E-state index is 13.4. The van der Waals surface area contributed by atoms with Crippen LogP contribution >= 0.6 is 0 Å². The minimum Gasteiger partial charge on any atom is -0.368 e. The number of piperidine rings is 1. The van der Waals surface area contributed by atoms with Crippen molar-refractivity contribution in [2.75, 3.05) is 44.2 Å². The Balaban J connectivity index is 1.19. The predicted octanol–water partition coefficient (Wildman–Crippen LogP) is 3.70. The number of piperazine rings is 1. The van der Waals surface area contributed by atoms with Gasteiger partial charge in [-0.15, -0.1) is 0 Å². The van der Waals surface area contributed by atoms with Crippen LogP contribution in [0.15, 0.2) is 48.5 Å². The van der Waals surface area contributed by atoms with Crippen LogP contribution in [-0.2, 0) is 24.8 Å². The topological polar surface area (TPSA) is 44.6 Å². The summed E-state index contributed by atoms with van der Waals surface area (Å²) in [4.78, 5) is 25.2. The largest absolute Gasteiger partial charge is 0.368 e. The summed E-state index contributed by atoms with van der Waals surface area (Å²) in [6.07, 6.45) is 3.11. The third-order valence-electron chi connectivity index (χ3n) is 7.40. The van der Waals surface area contributed by atoms with E-state index in [4.69, 9.17) is 4.98 Å². The van der Waals surface area contributed by atoms with Gasteiger partial charge < -0.3 is 14.4 Å². The van der Waals surface area contributed by atoms with E-state index in [1.807, 2.05) is 6.07 Å². The summed E-state index contributed by atoms with van der Waals surface area (Å²) in [6, 6.07) is 17.0. The van der Waals surface area contributed by atoms with E-state index in [1.54, 1.807) is 0 Å². The van der Waals surface area contributed by atoms with Crippen LogP contribution in [0.5, 0.6) is 0 Å². The molecule has 0 bridgehead atoms. The predicted molar refractivity (Wildman–Crippen MR) is 133 cm³/mol. The molecule has 0 saturated carbocycles. The normalized spacial score (nSPS) is 19.9. The van der Waals surface area contributed by atoms with Crippen molar-refractivity contribution < 1.29 is 4.79 Å². The van der Waals surface area contributed by atoms with Gasteiger partial charge in [-0.1, -0.05) is 37.3 Å². The van der Waals surface area contributed by atoms with E-state index in [0.717, 1.165) is 76.4 Å². The lowest BCUT2D eigenvalue weighted by Crippen LogP contribution is -2.52. The number of aromatic nitrogens is 2. The summed E-state index contributed by atoms with van der Waals surface area (Å²) in [7, 11) is 2.09. The van der Waals surface area contributed by atoms with E-state index in [-0.39, 0.29) is 5.92 Å². The number of anilines is 1. The van der Waals surface area contributed by atoms with E-state index >= 15 is 0 Å². The maximum atomic E-state index is 13.4. The molecule has 1 aromatic heterocycles. The lowest BCUT2D eigenvalue weighted by molar-refractivity contribution is -0.137. The molecule has 0 spiro atoms. The van der Waals surface area contributed by atoms with Gasteiger partial charge in [0.25, 0.3) is 0 Å². The molecule has 0 N–H and O–H groups in total. The molecule has 1 atom stereocenters. The average Bonchev–Trinajstić information content (AvgIpc) is 3.19. The molecule has 33 heavy (non-hydrogen) atoms. The molecule has 3 heterocycles. The van der Waals surface area contributed by atoms with Crippen molar-refractivity contribution in [1.82, 2.24) is 19.4 Å². The fourth-order valence-corrected chi connectivity index (χ4v) is 5.48. The molecule has 0 radical (unpaired) electrons. The Hall–Kier alpha value is -2.86. The summed E-state index contributed by atoms with van der Waals surface area (Å²) < 4.78 is 2.19. The number of para-hydroxylation sites is 3. The minimum absolute atomic E-state index is 0.0999. The molecule has 2 fully saturated rings. The second kappa shape index (κ2) is 9.56.